The fourth-order valence-corrected chi connectivity index (χ4v) is 2.89. The number of alkyl halides is 3. The van der Waals surface area contributed by atoms with Gasteiger partial charge in [-0.05, 0) is 62.2 Å². The molecular weight excluding hydrogens is 509 g/mol. The van der Waals surface area contributed by atoms with Gasteiger partial charge in [0.15, 0.2) is 18.1 Å². The molecule has 0 unspecified atom stereocenters. The third-order valence-electron chi connectivity index (χ3n) is 4.66. The molecule has 0 fully saturated rings. The lowest BCUT2D eigenvalue weighted by atomic mass is 10.2. The molecule has 13 heteroatoms. The Morgan fingerprint density at radius 3 is 2.50 bits per heavy atom. The smallest absolute Gasteiger partial charge is 0.416 e. The number of methoxy groups -OCH3 is 1. The van der Waals surface area contributed by atoms with Gasteiger partial charge in [0.1, 0.15) is 0 Å². The van der Waals surface area contributed by atoms with E-state index in [1.54, 1.807) is 6.07 Å². The van der Waals surface area contributed by atoms with Crippen molar-refractivity contribution in [1.82, 2.24) is 10.7 Å². The lowest BCUT2D eigenvalue weighted by Crippen LogP contribution is -2.38. The van der Waals surface area contributed by atoms with Crippen LogP contribution < -0.4 is 25.5 Å². The molecule has 0 saturated heterocycles. The third kappa shape index (κ3) is 10.5. The Kier molecular flexibility index (Phi) is 11.5. The van der Waals surface area contributed by atoms with Crippen LogP contribution in [0.25, 0.3) is 0 Å². The average Bonchev–Trinajstić information content (AvgIpc) is 2.86. The maximum Gasteiger partial charge on any atom is 0.416 e. The molecule has 2 aromatic carbocycles. The van der Waals surface area contributed by atoms with Crippen LogP contribution in [-0.4, -0.2) is 56.9 Å². The predicted octanol–water partition coefficient (Wildman–Crippen LogP) is 3.11. The van der Waals surface area contributed by atoms with Gasteiger partial charge in [-0.15, -0.1) is 0 Å². The molecule has 0 aromatic heterocycles. The standard InChI is InChI=1S/C25H29F3N4O6/c1-16(2)37-11-5-10-29-23(34)24(35)32-30-14-17-8-9-20(21(12-17)36-3)38-15-22(33)31-19-7-4-6-18(13-19)25(26,27)28/h4,6-9,12-14,16H,5,10-11,15H2,1-3H3,(H,29,34)(H,31,33)(H,32,35)/b30-14+. The number of benzene rings is 2. The first-order valence-corrected chi connectivity index (χ1v) is 11.5. The number of anilines is 1. The number of halogens is 3. The van der Waals surface area contributed by atoms with E-state index < -0.39 is 36.1 Å². The number of carbonyl (C=O) groups excluding carboxylic acids is 3. The number of amides is 3. The zero-order valence-electron chi connectivity index (χ0n) is 21.1. The summed E-state index contributed by atoms with van der Waals surface area (Å²) in [5.74, 6) is -2.03. The minimum Gasteiger partial charge on any atom is -0.493 e. The third-order valence-corrected chi connectivity index (χ3v) is 4.66. The van der Waals surface area contributed by atoms with E-state index in [1.165, 1.54) is 37.6 Å². The molecule has 2 rings (SSSR count). The second-order valence-electron chi connectivity index (χ2n) is 8.05. The van der Waals surface area contributed by atoms with Crippen LogP contribution in [0.1, 0.15) is 31.4 Å². The van der Waals surface area contributed by atoms with Crippen molar-refractivity contribution in [3.8, 4) is 11.5 Å². The maximum absolute atomic E-state index is 12.8. The highest BCUT2D eigenvalue weighted by Gasteiger charge is 2.30. The molecule has 10 nitrogen and oxygen atoms in total. The van der Waals surface area contributed by atoms with Crippen LogP contribution in [-0.2, 0) is 25.3 Å². The number of carbonyl (C=O) groups is 3. The van der Waals surface area contributed by atoms with Gasteiger partial charge < -0.3 is 24.8 Å². The molecule has 0 saturated carbocycles. The number of rotatable bonds is 12. The average molecular weight is 539 g/mol. The second kappa shape index (κ2) is 14.6. The SMILES string of the molecule is COc1cc(/C=N/NC(=O)C(=O)NCCCOC(C)C)ccc1OCC(=O)Nc1cccc(C(F)(F)F)c1. The van der Waals surface area contributed by atoms with Crippen molar-refractivity contribution < 1.29 is 41.8 Å². The highest BCUT2D eigenvalue weighted by atomic mass is 19.4. The van der Waals surface area contributed by atoms with Gasteiger partial charge in [-0.2, -0.15) is 18.3 Å². The topological polar surface area (TPSA) is 127 Å². The van der Waals surface area contributed by atoms with Crippen LogP contribution in [0.3, 0.4) is 0 Å². The first-order chi connectivity index (χ1) is 18.0. The summed E-state index contributed by atoms with van der Waals surface area (Å²) in [6, 6.07) is 8.75. The van der Waals surface area contributed by atoms with Crippen molar-refractivity contribution in [2.75, 3.05) is 32.2 Å². The van der Waals surface area contributed by atoms with E-state index in [2.05, 4.69) is 21.2 Å². The molecule has 0 aliphatic heterocycles. The Bertz CT molecular complexity index is 1140. The second-order valence-corrected chi connectivity index (χ2v) is 8.05. The summed E-state index contributed by atoms with van der Waals surface area (Å²) in [6.07, 6.45) is -2.62. The van der Waals surface area contributed by atoms with Crippen molar-refractivity contribution in [3.05, 3.63) is 53.6 Å². The number of nitrogens with zero attached hydrogens (tertiary/aromatic N) is 1. The zero-order valence-corrected chi connectivity index (χ0v) is 21.1. The molecule has 0 radical (unpaired) electrons. The molecule has 0 atom stereocenters. The first kappa shape index (κ1) is 30.1. The highest BCUT2D eigenvalue weighted by Crippen LogP contribution is 2.31. The van der Waals surface area contributed by atoms with Gasteiger partial charge in [0.25, 0.3) is 5.91 Å². The highest BCUT2D eigenvalue weighted by molar-refractivity contribution is 6.35. The van der Waals surface area contributed by atoms with Gasteiger partial charge >= 0.3 is 18.0 Å². The van der Waals surface area contributed by atoms with Gasteiger partial charge in [0.05, 0.1) is 25.0 Å². The Morgan fingerprint density at radius 1 is 1.05 bits per heavy atom. The summed E-state index contributed by atoms with van der Waals surface area (Å²) in [5.41, 5.74) is 1.68. The quantitative estimate of drug-likeness (QED) is 0.165. The van der Waals surface area contributed by atoms with Gasteiger partial charge in [0, 0.05) is 18.8 Å². The summed E-state index contributed by atoms with van der Waals surface area (Å²) >= 11 is 0. The Morgan fingerprint density at radius 2 is 1.82 bits per heavy atom. The molecule has 3 amide bonds. The summed E-state index contributed by atoms with van der Waals surface area (Å²) < 4.78 is 54.5. The van der Waals surface area contributed by atoms with Crippen molar-refractivity contribution in [3.63, 3.8) is 0 Å². The summed E-state index contributed by atoms with van der Waals surface area (Å²) in [7, 11) is 1.37. The van der Waals surface area contributed by atoms with E-state index >= 15 is 0 Å². The lowest BCUT2D eigenvalue weighted by Gasteiger charge is -2.12. The van der Waals surface area contributed by atoms with Crippen LogP contribution in [0.4, 0.5) is 18.9 Å². The molecule has 0 bridgehead atoms. The number of hydrogen-bond acceptors (Lipinski definition) is 7. The summed E-state index contributed by atoms with van der Waals surface area (Å²) in [4.78, 5) is 35.7. The molecule has 206 valence electrons. The van der Waals surface area contributed by atoms with E-state index in [-0.39, 0.29) is 29.8 Å². The number of hydrogen-bond donors (Lipinski definition) is 3. The molecule has 0 spiro atoms. The Labute approximate surface area is 217 Å². The largest absolute Gasteiger partial charge is 0.493 e. The molecule has 0 aliphatic rings. The Hall–Kier alpha value is -4.13. The minimum atomic E-state index is -4.53. The van der Waals surface area contributed by atoms with Crippen LogP contribution in [0.15, 0.2) is 47.6 Å². The van der Waals surface area contributed by atoms with E-state index in [0.29, 0.717) is 18.6 Å². The normalized spacial score (nSPS) is 11.3. The molecule has 0 aliphatic carbocycles. The van der Waals surface area contributed by atoms with Crippen molar-refractivity contribution >= 4 is 29.6 Å². The molecular formula is C25H29F3N4O6. The fraction of sp³-hybridized carbons (Fsp3) is 0.360. The summed E-state index contributed by atoms with van der Waals surface area (Å²) in [6.45, 7) is 4.04. The van der Waals surface area contributed by atoms with E-state index in [0.717, 1.165) is 12.1 Å². The van der Waals surface area contributed by atoms with E-state index in [9.17, 15) is 27.6 Å². The van der Waals surface area contributed by atoms with Gasteiger partial charge in [0.2, 0.25) is 0 Å². The first-order valence-electron chi connectivity index (χ1n) is 11.5. The summed E-state index contributed by atoms with van der Waals surface area (Å²) in [5, 5.41) is 8.52. The lowest BCUT2D eigenvalue weighted by molar-refractivity contribution is -0.139. The van der Waals surface area contributed by atoms with Crippen LogP contribution >= 0.6 is 0 Å². The zero-order chi connectivity index (χ0) is 28.1. The Balaban J connectivity index is 1.85. The van der Waals surface area contributed by atoms with Crippen LogP contribution in [0.2, 0.25) is 0 Å². The molecule has 0 heterocycles. The predicted molar refractivity (Wildman–Crippen MR) is 133 cm³/mol. The monoisotopic (exact) mass is 538 g/mol. The van der Waals surface area contributed by atoms with Crippen LogP contribution in [0.5, 0.6) is 11.5 Å². The minimum absolute atomic E-state index is 0.0252. The van der Waals surface area contributed by atoms with Crippen molar-refractivity contribution in [1.29, 1.82) is 0 Å². The van der Waals surface area contributed by atoms with Gasteiger partial charge in [-0.3, -0.25) is 14.4 Å². The molecule has 3 N–H and O–H groups in total. The maximum atomic E-state index is 12.8. The van der Waals surface area contributed by atoms with Gasteiger partial charge in [-0.1, -0.05) is 6.07 Å². The fourth-order valence-electron chi connectivity index (χ4n) is 2.89. The molecule has 38 heavy (non-hydrogen) atoms. The van der Waals surface area contributed by atoms with Gasteiger partial charge in [-0.25, -0.2) is 5.43 Å². The van der Waals surface area contributed by atoms with Crippen molar-refractivity contribution in [2.24, 2.45) is 5.10 Å². The van der Waals surface area contributed by atoms with Crippen LogP contribution in [0, 0.1) is 0 Å². The van der Waals surface area contributed by atoms with E-state index in [1.807, 2.05) is 13.8 Å². The molecule has 2 aromatic rings. The van der Waals surface area contributed by atoms with E-state index in [4.69, 9.17) is 14.2 Å². The number of nitrogens with one attached hydrogen (secondary N) is 3. The number of ether oxygens (including phenoxy) is 3. The van der Waals surface area contributed by atoms with Crippen molar-refractivity contribution in [2.45, 2.75) is 32.5 Å². The number of hydrazone groups is 1.